The highest BCUT2D eigenvalue weighted by atomic mass is 16.5. The van der Waals surface area contributed by atoms with E-state index in [4.69, 9.17) is 4.74 Å². The Bertz CT molecular complexity index is 323. The maximum Gasteiger partial charge on any atom is 0.305 e. The van der Waals surface area contributed by atoms with Gasteiger partial charge in [-0.1, -0.05) is 44.3 Å². The Morgan fingerprint density at radius 1 is 0.783 bits per heavy atom. The van der Waals surface area contributed by atoms with Crippen LogP contribution in [0.15, 0.2) is 12.2 Å². The molecule has 4 nitrogen and oxygen atoms in total. The van der Waals surface area contributed by atoms with Gasteiger partial charge in [-0.2, -0.15) is 0 Å². The van der Waals surface area contributed by atoms with Gasteiger partial charge in [-0.15, -0.1) is 0 Å². The first-order valence-electron chi connectivity index (χ1n) is 9.02. The molecule has 0 aromatic carbocycles. The van der Waals surface area contributed by atoms with Crippen LogP contribution in [0.5, 0.6) is 0 Å². The summed E-state index contributed by atoms with van der Waals surface area (Å²) >= 11 is 0. The highest BCUT2D eigenvalue weighted by molar-refractivity contribution is 5.68. The average Bonchev–Trinajstić information content (AvgIpc) is 2.53. The van der Waals surface area contributed by atoms with Crippen molar-refractivity contribution in [2.24, 2.45) is 0 Å². The van der Waals surface area contributed by atoms with Gasteiger partial charge in [0.25, 0.3) is 0 Å². The number of esters is 2. The van der Waals surface area contributed by atoms with Crippen LogP contribution in [-0.2, 0) is 19.1 Å². The first-order valence-corrected chi connectivity index (χ1v) is 9.02. The number of unbranched alkanes of at least 4 members (excludes halogenated alkanes) is 9. The number of allylic oxidation sites excluding steroid dienone is 2. The normalized spacial score (nSPS) is 10.9. The summed E-state index contributed by atoms with van der Waals surface area (Å²) in [5, 5.41) is 0. The van der Waals surface area contributed by atoms with Crippen molar-refractivity contribution in [3.63, 3.8) is 0 Å². The molecule has 0 saturated carbocycles. The number of methoxy groups -OCH3 is 1. The van der Waals surface area contributed by atoms with Gasteiger partial charge in [-0.05, 0) is 38.5 Å². The molecule has 23 heavy (non-hydrogen) atoms. The first kappa shape index (κ1) is 21.7. The van der Waals surface area contributed by atoms with Gasteiger partial charge < -0.3 is 9.47 Å². The van der Waals surface area contributed by atoms with Crippen molar-refractivity contribution in [3.05, 3.63) is 12.2 Å². The molecule has 0 saturated heterocycles. The lowest BCUT2D eigenvalue weighted by atomic mass is 10.1. The van der Waals surface area contributed by atoms with Gasteiger partial charge in [-0.3, -0.25) is 9.59 Å². The van der Waals surface area contributed by atoms with Gasteiger partial charge in [0.05, 0.1) is 13.7 Å². The summed E-state index contributed by atoms with van der Waals surface area (Å²) in [4.78, 5) is 21.5. The molecule has 0 aromatic rings. The highest BCUT2D eigenvalue weighted by Crippen LogP contribution is 2.09. The molecular weight excluding hydrogens is 292 g/mol. The van der Waals surface area contributed by atoms with Crippen molar-refractivity contribution in [1.29, 1.82) is 0 Å². The summed E-state index contributed by atoms with van der Waals surface area (Å²) in [6.07, 6.45) is 17.7. The molecule has 0 fully saturated rings. The maximum atomic E-state index is 10.9. The van der Waals surface area contributed by atoms with Crippen molar-refractivity contribution in [3.8, 4) is 0 Å². The third kappa shape index (κ3) is 18.6. The fourth-order valence-electron chi connectivity index (χ4n) is 2.33. The van der Waals surface area contributed by atoms with Crippen molar-refractivity contribution in [2.75, 3.05) is 13.7 Å². The Hall–Kier alpha value is -1.32. The monoisotopic (exact) mass is 326 g/mol. The Kier molecular flexibility index (Phi) is 16.1. The van der Waals surface area contributed by atoms with Crippen LogP contribution in [0, 0.1) is 0 Å². The van der Waals surface area contributed by atoms with Crippen molar-refractivity contribution in [2.45, 2.75) is 84.0 Å². The number of hydrogen-bond acceptors (Lipinski definition) is 4. The molecule has 0 aromatic heterocycles. The van der Waals surface area contributed by atoms with E-state index in [1.165, 1.54) is 46.1 Å². The zero-order chi connectivity index (χ0) is 17.2. The topological polar surface area (TPSA) is 52.6 Å². The smallest absolute Gasteiger partial charge is 0.305 e. The van der Waals surface area contributed by atoms with E-state index >= 15 is 0 Å². The maximum absolute atomic E-state index is 10.9. The fraction of sp³-hybridized carbons (Fsp3) is 0.789. The minimum absolute atomic E-state index is 0.0979. The number of hydrogen-bond donors (Lipinski definition) is 0. The second-order valence-electron chi connectivity index (χ2n) is 5.90. The number of rotatable bonds is 15. The van der Waals surface area contributed by atoms with E-state index in [-0.39, 0.29) is 11.9 Å². The predicted octanol–water partition coefficient (Wildman–Crippen LogP) is 4.96. The van der Waals surface area contributed by atoms with E-state index in [9.17, 15) is 9.59 Å². The molecule has 0 atom stereocenters. The lowest BCUT2D eigenvalue weighted by molar-refractivity contribution is -0.141. The zero-order valence-electron chi connectivity index (χ0n) is 15.0. The molecular formula is C19H34O4. The molecule has 0 amide bonds. The average molecular weight is 326 g/mol. The Morgan fingerprint density at radius 3 is 1.87 bits per heavy atom. The molecule has 4 heteroatoms. The Morgan fingerprint density at radius 2 is 1.30 bits per heavy atom. The van der Waals surface area contributed by atoms with Crippen LogP contribution in [-0.4, -0.2) is 25.7 Å². The number of ether oxygens (including phenoxy) is 2. The van der Waals surface area contributed by atoms with E-state index in [0.717, 1.165) is 38.5 Å². The van der Waals surface area contributed by atoms with Crippen LogP contribution in [0.1, 0.15) is 84.0 Å². The highest BCUT2D eigenvalue weighted by Gasteiger charge is 1.98. The van der Waals surface area contributed by atoms with E-state index < -0.39 is 0 Å². The lowest BCUT2D eigenvalue weighted by Crippen LogP contribution is -1.99. The molecule has 0 aliphatic heterocycles. The van der Waals surface area contributed by atoms with Crippen molar-refractivity contribution < 1.29 is 19.1 Å². The molecule has 134 valence electrons. The summed E-state index contributed by atoms with van der Waals surface area (Å²) in [5.41, 5.74) is 0. The first-order chi connectivity index (χ1) is 11.2. The van der Waals surface area contributed by atoms with Gasteiger partial charge in [0, 0.05) is 13.3 Å². The van der Waals surface area contributed by atoms with Gasteiger partial charge in [0.15, 0.2) is 0 Å². The molecule has 0 spiro atoms. The number of carbonyl (C=O) groups excluding carboxylic acids is 2. The molecule has 0 aliphatic rings. The molecule has 0 radical (unpaired) electrons. The van der Waals surface area contributed by atoms with Crippen LogP contribution in [0.3, 0.4) is 0 Å². The standard InChI is InChI=1S/C19H34O4/c1-18(20)23-17-15-13-11-9-7-5-3-4-6-8-10-12-14-16-19(21)22-2/h3,5H,4,6-17H2,1-2H3/b5-3-. The molecule has 0 bridgehead atoms. The van der Waals surface area contributed by atoms with E-state index in [1.54, 1.807) is 0 Å². The van der Waals surface area contributed by atoms with Crippen LogP contribution < -0.4 is 0 Å². The van der Waals surface area contributed by atoms with Gasteiger partial charge in [0.2, 0.25) is 0 Å². The molecule has 0 aliphatic carbocycles. The second kappa shape index (κ2) is 17.0. The van der Waals surface area contributed by atoms with Crippen LogP contribution >= 0.6 is 0 Å². The minimum Gasteiger partial charge on any atom is -0.469 e. The summed E-state index contributed by atoms with van der Waals surface area (Å²) < 4.78 is 9.50. The van der Waals surface area contributed by atoms with Crippen molar-refractivity contribution >= 4 is 11.9 Å². The van der Waals surface area contributed by atoms with Gasteiger partial charge in [0.1, 0.15) is 0 Å². The number of carbonyl (C=O) groups is 2. The lowest BCUT2D eigenvalue weighted by Gasteiger charge is -2.01. The van der Waals surface area contributed by atoms with Gasteiger partial charge in [-0.25, -0.2) is 0 Å². The Labute approximate surface area is 141 Å². The van der Waals surface area contributed by atoms with Crippen LogP contribution in [0.4, 0.5) is 0 Å². The summed E-state index contributed by atoms with van der Waals surface area (Å²) in [7, 11) is 1.44. The summed E-state index contributed by atoms with van der Waals surface area (Å²) in [5.74, 6) is -0.282. The Balaban J connectivity index is 3.14. The predicted molar refractivity (Wildman–Crippen MR) is 93.2 cm³/mol. The molecule has 0 rings (SSSR count). The second-order valence-corrected chi connectivity index (χ2v) is 5.90. The van der Waals surface area contributed by atoms with E-state index in [1.807, 2.05) is 0 Å². The molecule has 0 unspecified atom stereocenters. The largest absolute Gasteiger partial charge is 0.469 e. The minimum atomic E-state index is -0.184. The zero-order valence-corrected chi connectivity index (χ0v) is 15.0. The van der Waals surface area contributed by atoms with E-state index in [0.29, 0.717) is 13.0 Å². The van der Waals surface area contributed by atoms with Gasteiger partial charge >= 0.3 is 11.9 Å². The SMILES string of the molecule is COC(=O)CCCCCCC/C=C\CCCCCCOC(C)=O. The van der Waals surface area contributed by atoms with E-state index in [2.05, 4.69) is 16.9 Å². The van der Waals surface area contributed by atoms with Crippen LogP contribution in [0.25, 0.3) is 0 Å². The summed E-state index contributed by atoms with van der Waals surface area (Å²) in [6, 6.07) is 0. The third-order valence-corrected chi connectivity index (χ3v) is 3.72. The molecule has 0 heterocycles. The summed E-state index contributed by atoms with van der Waals surface area (Å²) in [6.45, 7) is 2.01. The quantitative estimate of drug-likeness (QED) is 0.242. The third-order valence-electron chi connectivity index (χ3n) is 3.72. The van der Waals surface area contributed by atoms with Crippen molar-refractivity contribution in [1.82, 2.24) is 0 Å². The molecule has 0 N–H and O–H groups in total. The fourth-order valence-corrected chi connectivity index (χ4v) is 2.33. The van der Waals surface area contributed by atoms with Crippen LogP contribution in [0.2, 0.25) is 0 Å².